The van der Waals surface area contributed by atoms with Gasteiger partial charge in [0.25, 0.3) is 0 Å². The van der Waals surface area contributed by atoms with Gasteiger partial charge < -0.3 is 38.3 Å². The molecule has 0 radical (unpaired) electrons. The molecular formula is C27H30O9. The maximum atomic E-state index is 13.0. The van der Waals surface area contributed by atoms with Crippen LogP contribution in [0.15, 0.2) is 23.8 Å². The number of hydrogen-bond donors (Lipinski definition) is 1. The van der Waals surface area contributed by atoms with E-state index >= 15 is 0 Å². The summed E-state index contributed by atoms with van der Waals surface area (Å²) in [6.45, 7) is 7.10. The van der Waals surface area contributed by atoms with E-state index in [2.05, 4.69) is 0 Å². The second-order valence-electron chi connectivity index (χ2n) is 9.37. The highest BCUT2D eigenvalue weighted by Crippen LogP contribution is 2.59. The van der Waals surface area contributed by atoms with Crippen LogP contribution in [0.25, 0.3) is 11.1 Å². The van der Waals surface area contributed by atoms with Crippen molar-refractivity contribution >= 4 is 5.97 Å². The van der Waals surface area contributed by atoms with Crippen LogP contribution >= 0.6 is 0 Å². The Morgan fingerprint density at radius 2 is 1.61 bits per heavy atom. The molecule has 2 aromatic carbocycles. The first kappa shape index (κ1) is 24.1. The zero-order chi connectivity index (χ0) is 25.8. The molecule has 0 fully saturated rings. The SMILES string of the molecule is C/C=C(/C)C(=O)O[C@@H]1c2cc3c(c(OC)c2-c2c(cc4c(c2OC)OCO4)C[C@H](C)[C@]1(C)O)OCO3. The van der Waals surface area contributed by atoms with E-state index < -0.39 is 17.7 Å². The molecule has 0 saturated heterocycles. The first-order valence-corrected chi connectivity index (χ1v) is 11.8. The number of hydrogen-bond acceptors (Lipinski definition) is 9. The van der Waals surface area contributed by atoms with Gasteiger partial charge in [0.2, 0.25) is 25.1 Å². The number of carbonyl (C=O) groups excluding carboxylic acids is 1. The molecule has 9 heteroatoms. The van der Waals surface area contributed by atoms with Gasteiger partial charge in [0.05, 0.1) is 14.2 Å². The third kappa shape index (κ3) is 3.52. The Hall–Kier alpha value is -3.59. The fraction of sp³-hybridized carbons (Fsp3) is 0.444. The van der Waals surface area contributed by atoms with Crippen molar-refractivity contribution in [1.29, 1.82) is 0 Å². The van der Waals surface area contributed by atoms with Gasteiger partial charge in [-0.3, -0.25) is 0 Å². The lowest BCUT2D eigenvalue weighted by Crippen LogP contribution is -2.44. The third-order valence-corrected chi connectivity index (χ3v) is 7.33. The van der Waals surface area contributed by atoms with Crippen LogP contribution in [0.1, 0.15) is 44.9 Å². The minimum atomic E-state index is -1.46. The Labute approximate surface area is 209 Å². The molecule has 3 atom stereocenters. The van der Waals surface area contributed by atoms with Gasteiger partial charge in [-0.05, 0) is 50.8 Å². The molecule has 9 nitrogen and oxygen atoms in total. The summed E-state index contributed by atoms with van der Waals surface area (Å²) in [5, 5.41) is 11.9. The second-order valence-corrected chi connectivity index (χ2v) is 9.37. The van der Waals surface area contributed by atoms with Crippen molar-refractivity contribution in [2.75, 3.05) is 27.8 Å². The van der Waals surface area contributed by atoms with Crippen molar-refractivity contribution in [2.45, 2.75) is 45.8 Å². The minimum absolute atomic E-state index is 0.00858. The molecule has 0 unspecified atom stereocenters. The zero-order valence-electron chi connectivity index (χ0n) is 21.2. The molecule has 5 rings (SSSR count). The van der Waals surface area contributed by atoms with Crippen LogP contribution in [-0.4, -0.2) is 44.5 Å². The largest absolute Gasteiger partial charge is 0.492 e. The molecule has 0 spiro atoms. The van der Waals surface area contributed by atoms with Gasteiger partial charge in [0.15, 0.2) is 29.1 Å². The van der Waals surface area contributed by atoms with Gasteiger partial charge >= 0.3 is 5.97 Å². The molecule has 3 aliphatic rings. The zero-order valence-corrected chi connectivity index (χ0v) is 21.2. The number of allylic oxidation sites excluding steroid dienone is 1. The number of fused-ring (bicyclic) bond motifs is 5. The van der Waals surface area contributed by atoms with Crippen LogP contribution in [-0.2, 0) is 16.0 Å². The number of benzene rings is 2. The van der Waals surface area contributed by atoms with Crippen LogP contribution in [0.2, 0.25) is 0 Å². The summed E-state index contributed by atoms with van der Waals surface area (Å²) in [5.41, 5.74) is 1.59. The summed E-state index contributed by atoms with van der Waals surface area (Å²) in [6, 6.07) is 3.64. The van der Waals surface area contributed by atoms with Crippen molar-refractivity contribution < 1.29 is 43.1 Å². The lowest BCUT2D eigenvalue weighted by molar-refractivity contribution is -0.166. The van der Waals surface area contributed by atoms with Crippen molar-refractivity contribution in [1.82, 2.24) is 0 Å². The predicted octanol–water partition coefficient (Wildman–Crippen LogP) is 4.32. The average molecular weight is 499 g/mol. The van der Waals surface area contributed by atoms with Gasteiger partial charge in [0.1, 0.15) is 5.60 Å². The summed E-state index contributed by atoms with van der Waals surface area (Å²) >= 11 is 0. The second kappa shape index (κ2) is 8.81. The van der Waals surface area contributed by atoms with Gasteiger partial charge in [-0.1, -0.05) is 13.0 Å². The molecule has 0 saturated carbocycles. The van der Waals surface area contributed by atoms with Crippen molar-refractivity contribution in [3.8, 4) is 45.6 Å². The number of esters is 1. The van der Waals surface area contributed by atoms with E-state index in [4.69, 9.17) is 33.2 Å². The van der Waals surface area contributed by atoms with E-state index in [-0.39, 0.29) is 19.5 Å². The number of methoxy groups -OCH3 is 2. The van der Waals surface area contributed by atoms with Crippen LogP contribution in [0, 0.1) is 5.92 Å². The normalized spacial score (nSPS) is 23.8. The van der Waals surface area contributed by atoms with Crippen LogP contribution < -0.4 is 28.4 Å². The van der Waals surface area contributed by atoms with Crippen LogP contribution in [0.4, 0.5) is 0 Å². The van der Waals surface area contributed by atoms with E-state index in [9.17, 15) is 9.90 Å². The molecule has 192 valence electrons. The average Bonchev–Trinajstić information content (AvgIpc) is 3.53. The monoisotopic (exact) mass is 498 g/mol. The predicted molar refractivity (Wildman–Crippen MR) is 129 cm³/mol. The molecule has 0 amide bonds. The highest BCUT2D eigenvalue weighted by Gasteiger charge is 2.47. The molecule has 2 heterocycles. The van der Waals surface area contributed by atoms with E-state index in [0.29, 0.717) is 63.2 Å². The topological polar surface area (TPSA) is 102 Å². The van der Waals surface area contributed by atoms with Gasteiger partial charge in [0, 0.05) is 22.3 Å². The van der Waals surface area contributed by atoms with Crippen LogP contribution in [0.3, 0.4) is 0 Å². The Morgan fingerprint density at radius 1 is 1.03 bits per heavy atom. The molecule has 2 aromatic rings. The quantitative estimate of drug-likeness (QED) is 0.488. The Kier molecular flexibility index (Phi) is 5.90. The highest BCUT2D eigenvalue weighted by atomic mass is 16.7. The summed E-state index contributed by atoms with van der Waals surface area (Å²) in [7, 11) is 3.09. The van der Waals surface area contributed by atoms with E-state index in [0.717, 1.165) is 5.56 Å². The fourth-order valence-electron chi connectivity index (χ4n) is 4.99. The fourth-order valence-corrected chi connectivity index (χ4v) is 4.99. The lowest BCUT2D eigenvalue weighted by atomic mass is 9.73. The molecular weight excluding hydrogens is 468 g/mol. The minimum Gasteiger partial charge on any atom is -0.492 e. The van der Waals surface area contributed by atoms with Gasteiger partial charge in [-0.25, -0.2) is 4.79 Å². The first-order chi connectivity index (χ1) is 17.2. The first-order valence-electron chi connectivity index (χ1n) is 11.8. The smallest absolute Gasteiger partial charge is 0.334 e. The van der Waals surface area contributed by atoms with Crippen molar-refractivity contribution in [3.05, 3.63) is 34.9 Å². The molecule has 2 aliphatic heterocycles. The van der Waals surface area contributed by atoms with E-state index in [1.54, 1.807) is 40.0 Å². The number of rotatable bonds is 4. The van der Waals surface area contributed by atoms with Crippen molar-refractivity contribution in [2.24, 2.45) is 5.92 Å². The van der Waals surface area contributed by atoms with E-state index in [1.807, 2.05) is 13.0 Å². The number of ether oxygens (including phenoxy) is 7. The van der Waals surface area contributed by atoms with Gasteiger partial charge in [-0.2, -0.15) is 0 Å². The standard InChI is InChI=1S/C27H30O9/c1-7-13(2)26(28)36-25-16-10-18-22(35-12-33-18)24(31-6)20(16)19-15(8-14(3)27(25,4)29)9-17-21(23(19)30-5)34-11-32-17/h7,9-10,14,25,29H,8,11-12H2,1-6H3/b13-7-/t14-,25+,27-/m0/s1. The Balaban J connectivity index is 1.88. The maximum Gasteiger partial charge on any atom is 0.334 e. The van der Waals surface area contributed by atoms with E-state index in [1.165, 1.54) is 7.11 Å². The van der Waals surface area contributed by atoms with Crippen molar-refractivity contribution in [3.63, 3.8) is 0 Å². The summed E-state index contributed by atoms with van der Waals surface area (Å²) in [6.07, 6.45) is 1.04. The summed E-state index contributed by atoms with van der Waals surface area (Å²) in [4.78, 5) is 13.0. The van der Waals surface area contributed by atoms with Crippen LogP contribution in [0.5, 0.6) is 34.5 Å². The number of aliphatic hydroxyl groups is 1. The molecule has 1 aliphatic carbocycles. The Morgan fingerprint density at radius 3 is 2.19 bits per heavy atom. The molecule has 0 bridgehead atoms. The molecule has 1 N–H and O–H groups in total. The lowest BCUT2D eigenvalue weighted by Gasteiger charge is -2.41. The summed E-state index contributed by atoms with van der Waals surface area (Å²) < 4.78 is 40.7. The van der Waals surface area contributed by atoms with Gasteiger partial charge in [-0.15, -0.1) is 0 Å². The summed E-state index contributed by atoms with van der Waals surface area (Å²) in [5.74, 6) is 1.86. The highest BCUT2D eigenvalue weighted by molar-refractivity contribution is 5.91. The maximum absolute atomic E-state index is 13.0. The Bertz CT molecular complexity index is 1260. The number of carbonyl (C=O) groups is 1. The molecule has 0 aromatic heterocycles. The molecule has 36 heavy (non-hydrogen) atoms. The third-order valence-electron chi connectivity index (χ3n) is 7.33.